The molecule has 23 heavy (non-hydrogen) atoms. The largest absolute Gasteiger partial charge is 0.301 e. The molecule has 128 valence electrons. The van der Waals surface area contributed by atoms with Gasteiger partial charge in [-0.1, -0.05) is 32.0 Å². The molecule has 8 heteroatoms. The molecule has 0 bridgehead atoms. The Kier molecular flexibility index (Phi) is 5.91. The van der Waals surface area contributed by atoms with Crippen LogP contribution in [0.2, 0.25) is 0 Å². The molecular weight excluding hydrogens is 352 g/mol. The lowest BCUT2D eigenvalue weighted by atomic mass is 9.98. The van der Waals surface area contributed by atoms with Crippen molar-refractivity contribution in [3.8, 4) is 0 Å². The molecule has 2 aromatic heterocycles. The van der Waals surface area contributed by atoms with Crippen LogP contribution in [-0.4, -0.2) is 36.1 Å². The summed E-state index contributed by atoms with van der Waals surface area (Å²) < 4.78 is 22.4. The summed E-state index contributed by atoms with van der Waals surface area (Å²) in [4.78, 5) is 21.6. The highest BCUT2D eigenvalue weighted by Gasteiger charge is 2.17. The molecule has 0 aliphatic rings. The van der Waals surface area contributed by atoms with E-state index in [1.165, 1.54) is 29.4 Å². The van der Waals surface area contributed by atoms with Gasteiger partial charge in [-0.3, -0.25) is 4.79 Å². The van der Waals surface area contributed by atoms with Gasteiger partial charge in [0.25, 0.3) is 5.56 Å². The Morgan fingerprint density at radius 3 is 2.70 bits per heavy atom. The van der Waals surface area contributed by atoms with Crippen LogP contribution in [0.4, 0.5) is 0 Å². The van der Waals surface area contributed by atoms with E-state index in [0.717, 1.165) is 28.1 Å². The predicted molar refractivity (Wildman–Crippen MR) is 98.6 cm³/mol. The first-order valence-corrected chi connectivity index (χ1v) is 11.4. The SMILES string of the molecule is CCC(C)Cc1c(C)sc2nc(SCCS(C)(=O)=O)[nH]c(=O)c12. The van der Waals surface area contributed by atoms with Gasteiger partial charge in [0.2, 0.25) is 0 Å². The maximum absolute atomic E-state index is 12.4. The molecule has 0 aromatic carbocycles. The number of thioether (sulfide) groups is 1. The number of sulfone groups is 1. The summed E-state index contributed by atoms with van der Waals surface area (Å²) in [5.74, 6) is 0.981. The number of H-pyrrole nitrogens is 1. The molecule has 0 saturated heterocycles. The zero-order chi connectivity index (χ0) is 17.2. The van der Waals surface area contributed by atoms with Crippen molar-refractivity contribution < 1.29 is 8.42 Å². The molecule has 0 aliphatic carbocycles. The summed E-state index contributed by atoms with van der Waals surface area (Å²) in [5, 5.41) is 1.18. The van der Waals surface area contributed by atoms with Crippen LogP contribution in [0.15, 0.2) is 9.95 Å². The third-order valence-electron chi connectivity index (χ3n) is 3.78. The van der Waals surface area contributed by atoms with E-state index in [4.69, 9.17) is 0 Å². The first kappa shape index (κ1) is 18.5. The van der Waals surface area contributed by atoms with Crippen molar-refractivity contribution in [2.75, 3.05) is 17.8 Å². The van der Waals surface area contributed by atoms with Crippen molar-refractivity contribution in [1.82, 2.24) is 9.97 Å². The Bertz CT molecular complexity index is 853. The fraction of sp³-hybridized carbons (Fsp3) is 0.600. The predicted octanol–water partition coefficient (Wildman–Crippen LogP) is 3.02. The molecule has 0 spiro atoms. The number of fused-ring (bicyclic) bond motifs is 1. The van der Waals surface area contributed by atoms with E-state index in [0.29, 0.717) is 22.2 Å². The van der Waals surface area contributed by atoms with Crippen molar-refractivity contribution in [2.24, 2.45) is 5.92 Å². The number of thiophene rings is 1. The minimum atomic E-state index is -3.00. The maximum atomic E-state index is 12.4. The molecule has 2 aromatic rings. The van der Waals surface area contributed by atoms with Crippen molar-refractivity contribution in [2.45, 2.75) is 38.8 Å². The normalized spacial score (nSPS) is 13.6. The van der Waals surface area contributed by atoms with Gasteiger partial charge in [-0.2, -0.15) is 0 Å². The van der Waals surface area contributed by atoms with Gasteiger partial charge < -0.3 is 4.98 Å². The molecular formula is C15H22N2O3S3. The summed E-state index contributed by atoms with van der Waals surface area (Å²) in [6.45, 7) is 6.35. The highest BCUT2D eigenvalue weighted by Crippen LogP contribution is 2.30. The van der Waals surface area contributed by atoms with Gasteiger partial charge in [0.05, 0.1) is 11.1 Å². The second kappa shape index (κ2) is 7.36. The van der Waals surface area contributed by atoms with E-state index in [9.17, 15) is 13.2 Å². The van der Waals surface area contributed by atoms with Crippen LogP contribution in [0.25, 0.3) is 10.2 Å². The number of nitrogens with one attached hydrogen (secondary N) is 1. The summed E-state index contributed by atoms with van der Waals surface area (Å²) in [6, 6.07) is 0. The zero-order valence-corrected chi connectivity index (χ0v) is 16.3. The van der Waals surface area contributed by atoms with Crippen LogP contribution < -0.4 is 5.56 Å². The van der Waals surface area contributed by atoms with Crippen LogP contribution >= 0.6 is 23.1 Å². The third-order valence-corrected chi connectivity index (χ3v) is 6.90. The molecule has 0 aliphatic heterocycles. The summed E-state index contributed by atoms with van der Waals surface area (Å²) >= 11 is 2.81. The van der Waals surface area contributed by atoms with E-state index in [1.807, 2.05) is 6.92 Å². The van der Waals surface area contributed by atoms with Gasteiger partial charge in [0.1, 0.15) is 14.7 Å². The van der Waals surface area contributed by atoms with Gasteiger partial charge >= 0.3 is 0 Å². The van der Waals surface area contributed by atoms with Crippen molar-refractivity contribution in [1.29, 1.82) is 0 Å². The van der Waals surface area contributed by atoms with E-state index in [2.05, 4.69) is 23.8 Å². The van der Waals surface area contributed by atoms with Crippen LogP contribution in [-0.2, 0) is 16.3 Å². The maximum Gasteiger partial charge on any atom is 0.260 e. The Morgan fingerprint density at radius 2 is 2.09 bits per heavy atom. The van der Waals surface area contributed by atoms with Crippen LogP contribution in [0.3, 0.4) is 0 Å². The van der Waals surface area contributed by atoms with Gasteiger partial charge in [0, 0.05) is 16.9 Å². The Labute approximate surface area is 144 Å². The second-order valence-corrected chi connectivity index (χ2v) is 10.4. The Hall–Kier alpha value is -0.860. The number of aromatic nitrogens is 2. The molecule has 5 nitrogen and oxygen atoms in total. The van der Waals surface area contributed by atoms with Gasteiger partial charge in [-0.15, -0.1) is 11.3 Å². The topological polar surface area (TPSA) is 79.9 Å². The van der Waals surface area contributed by atoms with Crippen LogP contribution in [0.5, 0.6) is 0 Å². The lowest BCUT2D eigenvalue weighted by Gasteiger charge is -2.08. The van der Waals surface area contributed by atoms with Gasteiger partial charge in [-0.25, -0.2) is 13.4 Å². The monoisotopic (exact) mass is 374 g/mol. The number of rotatable bonds is 7. The average molecular weight is 375 g/mol. The number of hydrogen-bond donors (Lipinski definition) is 1. The number of aryl methyl sites for hydroxylation is 1. The highest BCUT2D eigenvalue weighted by molar-refractivity contribution is 8.00. The van der Waals surface area contributed by atoms with Crippen molar-refractivity contribution in [3.05, 3.63) is 20.8 Å². The quantitative estimate of drug-likeness (QED) is 0.595. The standard InChI is InChI=1S/C15H22N2O3S3/c1-5-9(2)8-11-10(3)22-14-12(11)13(18)16-15(17-14)21-6-7-23(4,19)20/h9H,5-8H2,1-4H3,(H,16,17,18). The van der Waals surface area contributed by atoms with Crippen LogP contribution in [0, 0.1) is 12.8 Å². The smallest absolute Gasteiger partial charge is 0.260 e. The first-order chi connectivity index (χ1) is 10.7. The fourth-order valence-corrected chi connectivity index (χ4v) is 5.42. The first-order valence-electron chi connectivity index (χ1n) is 7.54. The second-order valence-electron chi connectivity index (χ2n) is 5.88. The number of aromatic amines is 1. The van der Waals surface area contributed by atoms with E-state index in [1.54, 1.807) is 0 Å². The van der Waals surface area contributed by atoms with Crippen molar-refractivity contribution >= 4 is 43.2 Å². The van der Waals surface area contributed by atoms with Gasteiger partial charge in [-0.05, 0) is 24.8 Å². The summed E-state index contributed by atoms with van der Waals surface area (Å²) in [5.41, 5.74) is 0.972. The number of hydrogen-bond acceptors (Lipinski definition) is 6. The van der Waals surface area contributed by atoms with Gasteiger partial charge in [0.15, 0.2) is 5.16 Å². The summed E-state index contributed by atoms with van der Waals surface area (Å²) in [7, 11) is -3.00. The zero-order valence-electron chi connectivity index (χ0n) is 13.8. The Morgan fingerprint density at radius 1 is 1.39 bits per heavy atom. The molecule has 0 fully saturated rings. The van der Waals surface area contributed by atoms with E-state index >= 15 is 0 Å². The fourth-order valence-electron chi connectivity index (χ4n) is 2.25. The molecule has 0 saturated carbocycles. The lowest BCUT2D eigenvalue weighted by molar-refractivity contribution is 0.561. The molecule has 0 radical (unpaired) electrons. The number of nitrogens with zero attached hydrogens (tertiary/aromatic N) is 1. The summed E-state index contributed by atoms with van der Waals surface area (Å²) in [6.07, 6.45) is 3.16. The molecule has 0 amide bonds. The lowest BCUT2D eigenvalue weighted by Crippen LogP contribution is -2.12. The molecule has 1 N–H and O–H groups in total. The molecule has 2 rings (SSSR count). The third kappa shape index (κ3) is 4.81. The van der Waals surface area contributed by atoms with Crippen LogP contribution in [0.1, 0.15) is 30.7 Å². The van der Waals surface area contributed by atoms with Crippen molar-refractivity contribution in [3.63, 3.8) is 0 Å². The molecule has 2 heterocycles. The molecule has 1 atom stereocenters. The highest BCUT2D eigenvalue weighted by atomic mass is 32.2. The minimum Gasteiger partial charge on any atom is -0.301 e. The minimum absolute atomic E-state index is 0.0716. The van der Waals surface area contributed by atoms with E-state index in [-0.39, 0.29) is 11.3 Å². The average Bonchev–Trinajstić information content (AvgIpc) is 2.73. The Balaban J connectivity index is 2.31. The molecule has 1 unspecified atom stereocenters. The van der Waals surface area contributed by atoms with E-state index < -0.39 is 9.84 Å².